The van der Waals surface area contributed by atoms with Gasteiger partial charge in [0.05, 0.1) is 13.3 Å². The summed E-state index contributed by atoms with van der Waals surface area (Å²) in [7, 11) is 1.52. The lowest BCUT2D eigenvalue weighted by Crippen LogP contribution is -2.32. The molecular weight excluding hydrogens is 396 g/mol. The van der Waals surface area contributed by atoms with E-state index in [-0.39, 0.29) is 18.3 Å². The van der Waals surface area contributed by atoms with Gasteiger partial charge in [-0.2, -0.15) is 18.9 Å². The lowest BCUT2D eigenvalue weighted by molar-refractivity contribution is -0.0499. The monoisotopic (exact) mass is 415 g/mol. The van der Waals surface area contributed by atoms with Gasteiger partial charge in [0.25, 0.3) is 0 Å². The molecule has 1 N–H and O–H groups in total. The minimum atomic E-state index is -2.89. The highest BCUT2D eigenvalue weighted by Crippen LogP contribution is 2.31. The molecule has 10 heteroatoms. The molecule has 8 nitrogen and oxygen atoms in total. The van der Waals surface area contributed by atoms with Crippen molar-refractivity contribution in [2.24, 2.45) is 0 Å². The molecule has 0 bridgehead atoms. The summed E-state index contributed by atoms with van der Waals surface area (Å²) in [4.78, 5) is 20.6. The first-order valence-electron chi connectivity index (χ1n) is 9.19. The molecule has 156 valence electrons. The molecule has 1 aliphatic rings. The van der Waals surface area contributed by atoms with Gasteiger partial charge in [0, 0.05) is 37.0 Å². The third-order valence-corrected chi connectivity index (χ3v) is 4.72. The Morgan fingerprint density at radius 3 is 2.83 bits per heavy atom. The van der Waals surface area contributed by atoms with Crippen LogP contribution in [0.2, 0.25) is 0 Å². The second-order valence-electron chi connectivity index (χ2n) is 6.59. The Kier molecular flexibility index (Phi) is 5.46. The molecule has 1 fully saturated rings. The SMILES string of the molecule is COc1nc(N2CCN(Cc3cccc(OC(F)F)c3)C2=O)ccc1-c1cn[nH]c1. The quantitative estimate of drug-likeness (QED) is 0.638. The largest absolute Gasteiger partial charge is 0.480 e. The van der Waals surface area contributed by atoms with Crippen molar-refractivity contribution in [3.05, 3.63) is 54.4 Å². The molecule has 0 atom stereocenters. The number of hydrogen-bond donors (Lipinski definition) is 1. The summed E-state index contributed by atoms with van der Waals surface area (Å²) in [6.07, 6.45) is 3.39. The highest BCUT2D eigenvalue weighted by Gasteiger charge is 2.31. The van der Waals surface area contributed by atoms with Crippen molar-refractivity contribution in [2.75, 3.05) is 25.1 Å². The van der Waals surface area contributed by atoms with Crippen LogP contribution in [0.3, 0.4) is 0 Å². The van der Waals surface area contributed by atoms with Crippen molar-refractivity contribution in [3.63, 3.8) is 0 Å². The first kappa shape index (κ1) is 19.6. The van der Waals surface area contributed by atoms with Crippen molar-refractivity contribution in [1.82, 2.24) is 20.1 Å². The molecule has 30 heavy (non-hydrogen) atoms. The van der Waals surface area contributed by atoms with E-state index < -0.39 is 6.61 Å². The molecule has 4 rings (SSSR count). The van der Waals surface area contributed by atoms with E-state index in [0.717, 1.165) is 11.1 Å². The second kappa shape index (κ2) is 8.36. The number of carbonyl (C=O) groups is 1. The molecule has 1 saturated heterocycles. The third kappa shape index (κ3) is 4.02. The maximum absolute atomic E-state index is 12.9. The molecule has 0 spiro atoms. The van der Waals surface area contributed by atoms with Crippen LogP contribution in [0.15, 0.2) is 48.8 Å². The fourth-order valence-corrected chi connectivity index (χ4v) is 3.34. The van der Waals surface area contributed by atoms with Crippen LogP contribution in [0.25, 0.3) is 11.1 Å². The zero-order valence-corrected chi connectivity index (χ0v) is 16.1. The van der Waals surface area contributed by atoms with E-state index in [2.05, 4.69) is 19.9 Å². The molecule has 0 aliphatic carbocycles. The van der Waals surface area contributed by atoms with Crippen LogP contribution >= 0.6 is 0 Å². The lowest BCUT2D eigenvalue weighted by Gasteiger charge is -2.19. The predicted molar refractivity (Wildman–Crippen MR) is 105 cm³/mol. The van der Waals surface area contributed by atoms with Gasteiger partial charge in [-0.1, -0.05) is 12.1 Å². The van der Waals surface area contributed by atoms with Gasteiger partial charge in [0.1, 0.15) is 11.6 Å². The zero-order valence-electron chi connectivity index (χ0n) is 16.1. The van der Waals surface area contributed by atoms with E-state index in [1.165, 1.54) is 19.2 Å². The number of halogens is 2. The van der Waals surface area contributed by atoms with Crippen LogP contribution in [0.1, 0.15) is 5.56 Å². The maximum Gasteiger partial charge on any atom is 0.387 e. The number of ether oxygens (including phenoxy) is 2. The number of aromatic nitrogens is 3. The molecule has 0 saturated carbocycles. The van der Waals surface area contributed by atoms with E-state index in [1.807, 2.05) is 6.07 Å². The number of rotatable bonds is 7. The van der Waals surface area contributed by atoms with Crippen molar-refractivity contribution in [2.45, 2.75) is 13.2 Å². The fraction of sp³-hybridized carbons (Fsp3) is 0.250. The Morgan fingerprint density at radius 2 is 2.10 bits per heavy atom. The fourth-order valence-electron chi connectivity index (χ4n) is 3.34. The number of hydrogen-bond acceptors (Lipinski definition) is 5. The Balaban J connectivity index is 1.49. The summed E-state index contributed by atoms with van der Waals surface area (Å²) in [5, 5.41) is 6.67. The number of amides is 2. The highest BCUT2D eigenvalue weighted by molar-refractivity contribution is 5.93. The average molecular weight is 415 g/mol. The minimum absolute atomic E-state index is 0.0623. The number of nitrogens with zero attached hydrogens (tertiary/aromatic N) is 4. The number of pyridine rings is 1. The number of methoxy groups -OCH3 is 1. The van der Waals surface area contributed by atoms with Crippen molar-refractivity contribution in [3.8, 4) is 22.8 Å². The summed E-state index contributed by atoms with van der Waals surface area (Å²) < 4.78 is 34.7. The lowest BCUT2D eigenvalue weighted by atomic mass is 10.1. The molecule has 0 unspecified atom stereocenters. The van der Waals surface area contributed by atoms with Gasteiger partial charge in [0.2, 0.25) is 5.88 Å². The molecule has 3 heterocycles. The molecule has 1 aliphatic heterocycles. The van der Waals surface area contributed by atoms with Gasteiger partial charge >= 0.3 is 12.6 Å². The number of carbonyl (C=O) groups excluding carboxylic acids is 1. The third-order valence-electron chi connectivity index (χ3n) is 4.72. The second-order valence-corrected chi connectivity index (χ2v) is 6.59. The number of anilines is 1. The minimum Gasteiger partial charge on any atom is -0.480 e. The zero-order chi connectivity index (χ0) is 21.1. The summed E-state index contributed by atoms with van der Waals surface area (Å²) >= 11 is 0. The standard InChI is InChI=1S/C20H19F2N5O3/c1-29-18-16(14-10-23-24-11-14)5-6-17(25-18)27-8-7-26(20(27)28)12-13-3-2-4-15(9-13)30-19(21)22/h2-6,9-11,19H,7-8,12H2,1H3,(H,23,24). The van der Waals surface area contributed by atoms with E-state index in [0.29, 0.717) is 30.4 Å². The van der Waals surface area contributed by atoms with E-state index >= 15 is 0 Å². The average Bonchev–Trinajstić information content (AvgIpc) is 3.38. The first-order chi connectivity index (χ1) is 14.5. The van der Waals surface area contributed by atoms with Crippen LogP contribution in [0, 0.1) is 0 Å². The van der Waals surface area contributed by atoms with Gasteiger partial charge in [-0.3, -0.25) is 10.00 Å². The van der Waals surface area contributed by atoms with Crippen LogP contribution in [0.5, 0.6) is 11.6 Å². The molecule has 1 aromatic carbocycles. The van der Waals surface area contributed by atoms with Gasteiger partial charge in [-0.25, -0.2) is 4.79 Å². The topological polar surface area (TPSA) is 83.6 Å². The van der Waals surface area contributed by atoms with Gasteiger partial charge < -0.3 is 14.4 Å². The number of benzene rings is 1. The number of urea groups is 1. The summed E-state index contributed by atoms with van der Waals surface area (Å²) in [5.74, 6) is 0.922. The van der Waals surface area contributed by atoms with Crippen molar-refractivity contribution < 1.29 is 23.0 Å². The Hall–Kier alpha value is -3.69. The van der Waals surface area contributed by atoms with Gasteiger partial charge in [0.15, 0.2) is 0 Å². The predicted octanol–water partition coefficient (Wildman–Crippen LogP) is 3.52. The first-order valence-corrected chi connectivity index (χ1v) is 9.19. The molecule has 0 radical (unpaired) electrons. The number of H-pyrrole nitrogens is 1. The number of nitrogens with one attached hydrogen (secondary N) is 1. The number of aromatic amines is 1. The highest BCUT2D eigenvalue weighted by atomic mass is 19.3. The van der Waals surface area contributed by atoms with Crippen LogP contribution in [-0.2, 0) is 6.54 Å². The normalized spacial score (nSPS) is 13.9. The Morgan fingerprint density at radius 1 is 1.23 bits per heavy atom. The van der Waals surface area contributed by atoms with Crippen LogP contribution in [0.4, 0.5) is 19.4 Å². The summed E-state index contributed by atoms with van der Waals surface area (Å²) in [6.45, 7) is -1.69. The Bertz CT molecular complexity index is 1030. The van der Waals surface area contributed by atoms with E-state index in [4.69, 9.17) is 4.74 Å². The van der Waals surface area contributed by atoms with E-state index in [9.17, 15) is 13.6 Å². The summed E-state index contributed by atoms with van der Waals surface area (Å²) in [5.41, 5.74) is 2.28. The summed E-state index contributed by atoms with van der Waals surface area (Å²) in [6, 6.07) is 9.69. The van der Waals surface area contributed by atoms with E-state index in [1.54, 1.807) is 40.4 Å². The molecular formula is C20H19F2N5O3. The van der Waals surface area contributed by atoms with Crippen LogP contribution < -0.4 is 14.4 Å². The van der Waals surface area contributed by atoms with Crippen molar-refractivity contribution in [1.29, 1.82) is 0 Å². The maximum atomic E-state index is 12.9. The smallest absolute Gasteiger partial charge is 0.387 e. The van der Waals surface area contributed by atoms with Gasteiger partial charge in [-0.05, 0) is 29.8 Å². The van der Waals surface area contributed by atoms with Crippen molar-refractivity contribution >= 4 is 11.8 Å². The van der Waals surface area contributed by atoms with Crippen LogP contribution in [-0.4, -0.2) is 52.9 Å². The molecule has 2 aromatic heterocycles. The van der Waals surface area contributed by atoms with Gasteiger partial charge in [-0.15, -0.1) is 0 Å². The molecule has 3 aromatic rings. The number of alkyl halides is 2. The Labute approximate surface area is 171 Å². The molecule has 2 amide bonds.